The average Bonchev–Trinajstić information content (AvgIpc) is 3.37. The van der Waals surface area contributed by atoms with Gasteiger partial charge in [0.25, 0.3) is 5.78 Å². The molecule has 3 heterocycles. The van der Waals surface area contributed by atoms with Crippen molar-refractivity contribution in [2.45, 2.75) is 26.7 Å². The number of aryl methyl sites for hydroxylation is 2. The molecule has 1 amide bonds. The normalized spacial score (nSPS) is 11.0. The largest absolute Gasteiger partial charge is 0.497 e. The Hall–Kier alpha value is -3.75. The van der Waals surface area contributed by atoms with Crippen LogP contribution in [0.3, 0.4) is 0 Å². The maximum absolute atomic E-state index is 12.4. The molecule has 9 nitrogen and oxygen atoms in total. The summed E-state index contributed by atoms with van der Waals surface area (Å²) >= 11 is 0. The van der Waals surface area contributed by atoms with Crippen LogP contribution in [0.1, 0.15) is 23.4 Å². The van der Waals surface area contributed by atoms with Gasteiger partial charge in [0, 0.05) is 23.4 Å². The van der Waals surface area contributed by atoms with Crippen molar-refractivity contribution in [1.82, 2.24) is 29.5 Å². The van der Waals surface area contributed by atoms with Gasteiger partial charge in [-0.05, 0) is 38.0 Å². The van der Waals surface area contributed by atoms with Crippen LogP contribution in [-0.4, -0.2) is 42.6 Å². The summed E-state index contributed by atoms with van der Waals surface area (Å²) in [5, 5.41) is 6.99. The lowest BCUT2D eigenvalue weighted by atomic mass is 10.1. The van der Waals surface area contributed by atoms with Crippen LogP contribution in [0.4, 0.5) is 5.95 Å². The summed E-state index contributed by atoms with van der Waals surface area (Å²) in [5.74, 6) is 1.60. The van der Waals surface area contributed by atoms with E-state index in [1.54, 1.807) is 17.8 Å². The smallest absolute Gasteiger partial charge is 0.252 e. The van der Waals surface area contributed by atoms with E-state index in [1.807, 2.05) is 38.1 Å². The number of aromatic amines is 1. The van der Waals surface area contributed by atoms with E-state index >= 15 is 0 Å². The van der Waals surface area contributed by atoms with Crippen molar-refractivity contribution in [3.05, 3.63) is 53.7 Å². The Morgan fingerprint density at radius 1 is 1.28 bits per heavy atom. The second kappa shape index (κ2) is 7.70. The maximum Gasteiger partial charge on any atom is 0.252 e. The molecule has 0 unspecified atom stereocenters. The third kappa shape index (κ3) is 3.79. The fraction of sp³-hybridized carbons (Fsp3) is 0.250. The third-order valence-electron chi connectivity index (χ3n) is 4.81. The van der Waals surface area contributed by atoms with Crippen LogP contribution in [0, 0.1) is 13.8 Å². The first-order chi connectivity index (χ1) is 14.0. The number of anilines is 1. The van der Waals surface area contributed by atoms with Crippen LogP contribution < -0.4 is 10.1 Å². The highest BCUT2D eigenvalue weighted by atomic mass is 16.5. The van der Waals surface area contributed by atoms with Crippen molar-refractivity contribution in [3.8, 4) is 17.0 Å². The first kappa shape index (κ1) is 18.6. The average molecular weight is 391 g/mol. The van der Waals surface area contributed by atoms with E-state index in [2.05, 4.69) is 30.4 Å². The molecule has 0 fully saturated rings. The van der Waals surface area contributed by atoms with Crippen molar-refractivity contribution < 1.29 is 9.53 Å². The number of rotatable bonds is 6. The summed E-state index contributed by atoms with van der Waals surface area (Å²) in [6, 6.07) is 7.62. The molecule has 0 aliphatic heterocycles. The standard InChI is InChI=1S/C20H21N7O2/c1-12-16(13(2)27-20(24-12)22-11-23-27)7-8-18(28)26-19-21-10-17(25-19)14-5-4-6-15(9-14)29-3/h4-6,9-11H,7-8H2,1-3H3,(H2,21,25,26,28). The lowest BCUT2D eigenvalue weighted by Gasteiger charge is -2.10. The summed E-state index contributed by atoms with van der Waals surface area (Å²) in [6.07, 6.45) is 4.01. The molecule has 0 aliphatic rings. The molecule has 0 spiro atoms. The Morgan fingerprint density at radius 3 is 2.97 bits per heavy atom. The zero-order chi connectivity index (χ0) is 20.4. The predicted molar refractivity (Wildman–Crippen MR) is 108 cm³/mol. The molecular formula is C20H21N7O2. The summed E-state index contributed by atoms with van der Waals surface area (Å²) in [6.45, 7) is 3.87. The van der Waals surface area contributed by atoms with Gasteiger partial charge in [-0.25, -0.2) is 14.5 Å². The van der Waals surface area contributed by atoms with E-state index < -0.39 is 0 Å². The Labute approximate surface area is 167 Å². The number of hydrogen-bond acceptors (Lipinski definition) is 6. The minimum absolute atomic E-state index is 0.131. The first-order valence-corrected chi connectivity index (χ1v) is 9.20. The van der Waals surface area contributed by atoms with Gasteiger partial charge in [-0.2, -0.15) is 10.1 Å². The Balaban J connectivity index is 1.42. The highest BCUT2D eigenvalue weighted by molar-refractivity contribution is 5.89. The molecule has 0 atom stereocenters. The molecule has 4 aromatic rings. The predicted octanol–water partition coefficient (Wildman–Crippen LogP) is 2.71. The molecular weight excluding hydrogens is 370 g/mol. The van der Waals surface area contributed by atoms with Gasteiger partial charge in [0.2, 0.25) is 11.9 Å². The number of carbonyl (C=O) groups excluding carboxylic acids is 1. The molecule has 0 aliphatic carbocycles. The van der Waals surface area contributed by atoms with Gasteiger partial charge in [-0.3, -0.25) is 10.1 Å². The molecule has 29 heavy (non-hydrogen) atoms. The van der Waals surface area contributed by atoms with Gasteiger partial charge in [0.15, 0.2) is 0 Å². The van der Waals surface area contributed by atoms with E-state index in [0.29, 0.717) is 24.6 Å². The summed E-state index contributed by atoms with van der Waals surface area (Å²) in [4.78, 5) is 28.3. The van der Waals surface area contributed by atoms with Gasteiger partial charge in [0.05, 0.1) is 19.0 Å². The van der Waals surface area contributed by atoms with Crippen LogP contribution in [0.25, 0.3) is 17.0 Å². The number of methoxy groups -OCH3 is 1. The van der Waals surface area contributed by atoms with Crippen molar-refractivity contribution in [3.63, 3.8) is 0 Å². The van der Waals surface area contributed by atoms with Crippen molar-refractivity contribution in [2.24, 2.45) is 0 Å². The lowest BCUT2D eigenvalue weighted by molar-refractivity contribution is -0.116. The fourth-order valence-electron chi connectivity index (χ4n) is 3.27. The number of aromatic nitrogens is 6. The van der Waals surface area contributed by atoms with Crippen molar-refractivity contribution >= 4 is 17.6 Å². The number of ether oxygens (including phenoxy) is 1. The molecule has 1 aromatic carbocycles. The van der Waals surface area contributed by atoms with Gasteiger partial charge in [0.1, 0.15) is 12.1 Å². The molecule has 0 saturated carbocycles. The van der Waals surface area contributed by atoms with Crippen molar-refractivity contribution in [1.29, 1.82) is 0 Å². The summed E-state index contributed by atoms with van der Waals surface area (Å²) in [7, 11) is 1.62. The number of fused-ring (bicyclic) bond motifs is 1. The van der Waals surface area contributed by atoms with Crippen LogP contribution >= 0.6 is 0 Å². The monoisotopic (exact) mass is 391 g/mol. The van der Waals surface area contributed by atoms with Gasteiger partial charge >= 0.3 is 0 Å². The second-order valence-electron chi connectivity index (χ2n) is 6.66. The van der Waals surface area contributed by atoms with Gasteiger partial charge in [-0.1, -0.05) is 12.1 Å². The Kier molecular flexibility index (Phi) is 4.94. The van der Waals surface area contributed by atoms with E-state index in [0.717, 1.165) is 34.0 Å². The minimum atomic E-state index is -0.131. The molecule has 148 valence electrons. The maximum atomic E-state index is 12.4. The quantitative estimate of drug-likeness (QED) is 0.523. The summed E-state index contributed by atoms with van der Waals surface area (Å²) < 4.78 is 6.93. The Morgan fingerprint density at radius 2 is 2.14 bits per heavy atom. The number of hydrogen-bond donors (Lipinski definition) is 2. The zero-order valence-electron chi connectivity index (χ0n) is 16.4. The summed E-state index contributed by atoms with van der Waals surface area (Å²) in [5.41, 5.74) is 4.52. The number of nitrogens with one attached hydrogen (secondary N) is 2. The zero-order valence-corrected chi connectivity index (χ0v) is 16.4. The number of nitrogens with zero attached hydrogens (tertiary/aromatic N) is 5. The van der Waals surface area contributed by atoms with E-state index in [-0.39, 0.29) is 5.91 Å². The number of amides is 1. The van der Waals surface area contributed by atoms with Crippen LogP contribution in [0.2, 0.25) is 0 Å². The van der Waals surface area contributed by atoms with E-state index in [4.69, 9.17) is 4.74 Å². The Bertz CT molecular complexity index is 1180. The highest BCUT2D eigenvalue weighted by Gasteiger charge is 2.13. The molecule has 0 saturated heterocycles. The van der Waals surface area contributed by atoms with Crippen LogP contribution in [0.5, 0.6) is 5.75 Å². The van der Waals surface area contributed by atoms with Gasteiger partial charge < -0.3 is 9.72 Å². The highest BCUT2D eigenvalue weighted by Crippen LogP contribution is 2.23. The number of carbonyl (C=O) groups is 1. The van der Waals surface area contributed by atoms with Crippen LogP contribution in [-0.2, 0) is 11.2 Å². The lowest BCUT2D eigenvalue weighted by Crippen LogP contribution is -2.15. The van der Waals surface area contributed by atoms with E-state index in [9.17, 15) is 4.79 Å². The number of imidazole rings is 1. The molecule has 3 aromatic heterocycles. The molecule has 9 heteroatoms. The molecule has 2 N–H and O–H groups in total. The first-order valence-electron chi connectivity index (χ1n) is 9.20. The third-order valence-corrected chi connectivity index (χ3v) is 4.81. The topological polar surface area (TPSA) is 110 Å². The minimum Gasteiger partial charge on any atom is -0.497 e. The molecule has 4 rings (SSSR count). The molecule has 0 radical (unpaired) electrons. The molecule has 0 bridgehead atoms. The SMILES string of the molecule is COc1cccc(-c2cnc(NC(=O)CCc3c(C)nc4ncnn4c3C)[nH]2)c1. The van der Waals surface area contributed by atoms with Crippen LogP contribution in [0.15, 0.2) is 36.8 Å². The van der Waals surface area contributed by atoms with Gasteiger partial charge in [-0.15, -0.1) is 0 Å². The number of benzene rings is 1. The van der Waals surface area contributed by atoms with E-state index in [1.165, 1.54) is 6.33 Å². The fourth-order valence-corrected chi connectivity index (χ4v) is 3.27. The van der Waals surface area contributed by atoms with Crippen molar-refractivity contribution in [2.75, 3.05) is 12.4 Å². The second-order valence-corrected chi connectivity index (χ2v) is 6.66. The number of H-pyrrole nitrogens is 1.